The Morgan fingerprint density at radius 2 is 1.28 bits per heavy atom. The molecule has 0 bridgehead atoms. The molecule has 0 heterocycles. The van der Waals surface area contributed by atoms with E-state index in [0.29, 0.717) is 12.1 Å². The zero-order valence-corrected chi connectivity index (χ0v) is 14.4. The van der Waals surface area contributed by atoms with Crippen LogP contribution >= 0.6 is 0 Å². The summed E-state index contributed by atoms with van der Waals surface area (Å²) >= 11 is 0. The lowest BCUT2D eigenvalue weighted by molar-refractivity contribution is -0.115. The normalized spacial score (nSPS) is 9.83. The molecule has 0 radical (unpaired) electrons. The number of carbonyl (C=O) groups is 1. The van der Waals surface area contributed by atoms with Crippen LogP contribution in [0.4, 0.5) is 0 Å². The first kappa shape index (κ1) is 22.7. The monoisotopic (exact) mass is 280 g/mol. The Kier molecular flexibility index (Phi) is 18.5. The molecular weight excluding hydrogens is 248 g/mol. The molecule has 0 aliphatic rings. The summed E-state index contributed by atoms with van der Waals surface area (Å²) in [5.74, 6) is 0. The third-order valence-corrected chi connectivity index (χ3v) is 1.90. The van der Waals surface area contributed by atoms with Crippen molar-refractivity contribution in [1.29, 1.82) is 0 Å². The second kappa shape index (κ2) is 14.6. The van der Waals surface area contributed by atoms with Crippen LogP contribution in [0.5, 0.6) is 0 Å². The van der Waals surface area contributed by atoms with Gasteiger partial charge in [-0.25, -0.2) is 0 Å². The van der Waals surface area contributed by atoms with E-state index in [4.69, 9.17) is 0 Å². The molecule has 0 saturated carbocycles. The van der Waals surface area contributed by atoms with E-state index in [9.17, 15) is 9.00 Å². The molecule has 5 heteroatoms. The number of carbonyl (C=O) groups excluding carboxylic acids is 1. The number of hydrogen-bond donors (Lipinski definition) is 0. The van der Waals surface area contributed by atoms with Crippen LogP contribution < -0.4 is 0 Å². The average molecular weight is 280 g/mol. The summed E-state index contributed by atoms with van der Waals surface area (Å²) in [4.78, 5) is 13.3. The smallest absolute Gasteiger partial charge is 0.209 e. The first-order chi connectivity index (χ1) is 8.09. The maximum atomic E-state index is 9.56. The van der Waals surface area contributed by atoms with Gasteiger partial charge in [0.05, 0.1) is 0 Å². The molecule has 0 aliphatic carbocycles. The van der Waals surface area contributed by atoms with Crippen molar-refractivity contribution >= 4 is 17.2 Å². The highest BCUT2D eigenvalue weighted by Crippen LogP contribution is 2.02. The number of amides is 1. The SMILES string of the molecule is CCN(C(C)C)C(C)C.CN(C)C=O.CS(C)=O. The van der Waals surface area contributed by atoms with Gasteiger partial charge in [-0.05, 0) is 34.2 Å². The van der Waals surface area contributed by atoms with Gasteiger partial charge in [-0.2, -0.15) is 0 Å². The topological polar surface area (TPSA) is 40.6 Å². The summed E-state index contributed by atoms with van der Waals surface area (Å²) in [5.41, 5.74) is 0. The summed E-state index contributed by atoms with van der Waals surface area (Å²) in [6.07, 6.45) is 4.03. The third kappa shape index (κ3) is 24.7. The Morgan fingerprint density at radius 1 is 1.06 bits per heavy atom. The molecule has 0 rings (SSSR count). The van der Waals surface area contributed by atoms with Crippen molar-refractivity contribution in [2.45, 2.75) is 46.7 Å². The van der Waals surface area contributed by atoms with E-state index in [1.165, 1.54) is 4.90 Å². The van der Waals surface area contributed by atoms with Gasteiger partial charge in [-0.1, -0.05) is 6.92 Å². The van der Waals surface area contributed by atoms with Gasteiger partial charge in [-0.3, -0.25) is 13.9 Å². The van der Waals surface area contributed by atoms with Crippen molar-refractivity contribution in [3.63, 3.8) is 0 Å². The van der Waals surface area contributed by atoms with Crippen LogP contribution in [-0.4, -0.2) is 65.7 Å². The standard InChI is InChI=1S/C8H19N.C3H7NO.C2H6OS/c1-6-9(7(2)3)8(4)5;1-4(2)3-5;1-4(2)3/h7-8H,6H2,1-5H3;3H,1-2H3;1-2H3. The van der Waals surface area contributed by atoms with E-state index in [1.807, 2.05) is 0 Å². The molecule has 1 amide bonds. The molecule has 4 nitrogen and oxygen atoms in total. The van der Waals surface area contributed by atoms with Crippen molar-refractivity contribution < 1.29 is 9.00 Å². The molecule has 112 valence electrons. The minimum absolute atomic E-state index is 0.611. The van der Waals surface area contributed by atoms with Gasteiger partial charge in [0.2, 0.25) is 6.41 Å². The van der Waals surface area contributed by atoms with Gasteiger partial charge in [0.25, 0.3) is 0 Å². The summed E-state index contributed by atoms with van der Waals surface area (Å²) in [5, 5.41) is 0. The van der Waals surface area contributed by atoms with Crippen molar-refractivity contribution in [2.24, 2.45) is 0 Å². The molecule has 0 atom stereocenters. The summed E-state index contributed by atoms with van der Waals surface area (Å²) in [6.45, 7) is 12.3. The van der Waals surface area contributed by atoms with Gasteiger partial charge in [0, 0.05) is 49.5 Å². The Bertz CT molecular complexity index is 195. The molecule has 0 N–H and O–H groups in total. The Labute approximate surface area is 116 Å². The highest BCUT2D eigenvalue weighted by atomic mass is 32.2. The lowest BCUT2D eigenvalue weighted by atomic mass is 10.2. The lowest BCUT2D eigenvalue weighted by Crippen LogP contribution is -2.36. The summed E-state index contributed by atoms with van der Waals surface area (Å²) in [6, 6.07) is 1.38. The molecular formula is C13H32N2O2S. The second-order valence-corrected chi connectivity index (χ2v) is 6.31. The minimum Gasteiger partial charge on any atom is -0.351 e. The molecule has 0 aliphatic heterocycles. The van der Waals surface area contributed by atoms with Crippen LogP contribution in [0.2, 0.25) is 0 Å². The molecule has 0 unspecified atom stereocenters. The van der Waals surface area contributed by atoms with Crippen LogP contribution in [0, 0.1) is 0 Å². The van der Waals surface area contributed by atoms with Crippen LogP contribution in [0.25, 0.3) is 0 Å². The molecule has 0 aromatic heterocycles. The number of nitrogens with zero attached hydrogens (tertiary/aromatic N) is 2. The lowest BCUT2D eigenvalue weighted by Gasteiger charge is -2.28. The minimum atomic E-state index is -0.611. The van der Waals surface area contributed by atoms with E-state index in [2.05, 4.69) is 39.5 Å². The predicted octanol–water partition coefficient (Wildman–Crippen LogP) is 1.82. The molecule has 0 aromatic rings. The maximum Gasteiger partial charge on any atom is 0.209 e. The van der Waals surface area contributed by atoms with E-state index in [1.54, 1.807) is 26.6 Å². The van der Waals surface area contributed by atoms with E-state index >= 15 is 0 Å². The largest absolute Gasteiger partial charge is 0.351 e. The number of hydrogen-bond acceptors (Lipinski definition) is 3. The summed E-state index contributed by atoms with van der Waals surface area (Å²) in [7, 11) is 2.76. The summed E-state index contributed by atoms with van der Waals surface area (Å²) < 4.78 is 9.56. The average Bonchev–Trinajstić information content (AvgIpc) is 2.17. The highest BCUT2D eigenvalue weighted by molar-refractivity contribution is 7.83. The molecule has 0 saturated heterocycles. The van der Waals surface area contributed by atoms with Gasteiger partial charge in [0.15, 0.2) is 0 Å². The van der Waals surface area contributed by atoms with E-state index in [0.717, 1.165) is 13.0 Å². The van der Waals surface area contributed by atoms with E-state index < -0.39 is 10.8 Å². The van der Waals surface area contributed by atoms with Crippen molar-refractivity contribution in [1.82, 2.24) is 9.80 Å². The molecule has 0 fully saturated rings. The fourth-order valence-electron chi connectivity index (χ4n) is 1.33. The van der Waals surface area contributed by atoms with Crippen LogP contribution in [-0.2, 0) is 15.6 Å². The molecule has 0 aromatic carbocycles. The van der Waals surface area contributed by atoms with Crippen molar-refractivity contribution in [3.8, 4) is 0 Å². The van der Waals surface area contributed by atoms with Gasteiger partial charge < -0.3 is 4.90 Å². The first-order valence-corrected chi connectivity index (χ1v) is 8.19. The number of rotatable bonds is 4. The Hall–Kier alpha value is -0.420. The van der Waals surface area contributed by atoms with Crippen LogP contribution in [0.15, 0.2) is 0 Å². The van der Waals surface area contributed by atoms with Crippen molar-refractivity contribution in [3.05, 3.63) is 0 Å². The highest BCUT2D eigenvalue weighted by Gasteiger charge is 2.08. The Morgan fingerprint density at radius 3 is 1.28 bits per heavy atom. The zero-order chi connectivity index (χ0) is 15.3. The van der Waals surface area contributed by atoms with Gasteiger partial charge >= 0.3 is 0 Å². The van der Waals surface area contributed by atoms with Crippen LogP contribution in [0.3, 0.4) is 0 Å². The predicted molar refractivity (Wildman–Crippen MR) is 82.4 cm³/mol. The van der Waals surface area contributed by atoms with Gasteiger partial charge in [0.1, 0.15) is 0 Å². The zero-order valence-electron chi connectivity index (χ0n) is 13.6. The van der Waals surface area contributed by atoms with Gasteiger partial charge in [-0.15, -0.1) is 0 Å². The molecule has 0 spiro atoms. The fourth-order valence-corrected chi connectivity index (χ4v) is 1.33. The van der Waals surface area contributed by atoms with Crippen LogP contribution in [0.1, 0.15) is 34.6 Å². The molecule has 18 heavy (non-hydrogen) atoms. The first-order valence-electron chi connectivity index (χ1n) is 6.22. The van der Waals surface area contributed by atoms with E-state index in [-0.39, 0.29) is 0 Å². The quantitative estimate of drug-likeness (QED) is 0.738. The second-order valence-electron chi connectivity index (χ2n) is 4.83. The Balaban J connectivity index is -0.000000212. The van der Waals surface area contributed by atoms with Crippen molar-refractivity contribution in [2.75, 3.05) is 33.2 Å². The maximum absolute atomic E-state index is 9.56. The fraction of sp³-hybridized carbons (Fsp3) is 0.923. The third-order valence-electron chi connectivity index (χ3n) is 1.90.